The van der Waals surface area contributed by atoms with Crippen molar-refractivity contribution in [2.75, 3.05) is 25.9 Å². The summed E-state index contributed by atoms with van der Waals surface area (Å²) in [6.07, 6.45) is 4.58. The normalized spacial score (nSPS) is 13.3. The van der Waals surface area contributed by atoms with Gasteiger partial charge >= 0.3 is 0 Å². The van der Waals surface area contributed by atoms with Crippen molar-refractivity contribution in [3.8, 4) is 5.75 Å². The topological polar surface area (TPSA) is 69.3 Å². The average molecular weight is 351 g/mol. The van der Waals surface area contributed by atoms with Gasteiger partial charge in [0.2, 0.25) is 0 Å². The van der Waals surface area contributed by atoms with E-state index in [0.717, 1.165) is 16.7 Å². The molecular weight excluding hydrogens is 326 g/mol. The lowest BCUT2D eigenvalue weighted by Crippen LogP contribution is -2.20. The highest BCUT2D eigenvalue weighted by atomic mass is 16.5. The third kappa shape index (κ3) is 4.43. The second-order valence-electron chi connectivity index (χ2n) is 6.40. The van der Waals surface area contributed by atoms with Crippen molar-refractivity contribution >= 4 is 16.5 Å². The number of nitrogens with one attached hydrogen (secondary N) is 1. The van der Waals surface area contributed by atoms with Gasteiger partial charge in [-0.05, 0) is 73.3 Å². The van der Waals surface area contributed by atoms with Crippen LogP contribution in [0, 0.1) is 0 Å². The fourth-order valence-electron chi connectivity index (χ4n) is 2.98. The van der Waals surface area contributed by atoms with Crippen molar-refractivity contribution in [3.63, 3.8) is 0 Å². The van der Waals surface area contributed by atoms with Gasteiger partial charge in [0.15, 0.2) is 0 Å². The molecule has 5 heteroatoms. The molecule has 0 radical (unpaired) electrons. The van der Waals surface area contributed by atoms with Gasteiger partial charge in [0, 0.05) is 17.3 Å². The van der Waals surface area contributed by atoms with Crippen LogP contribution in [0.3, 0.4) is 0 Å². The van der Waals surface area contributed by atoms with Crippen LogP contribution in [0.5, 0.6) is 5.75 Å². The summed E-state index contributed by atoms with van der Waals surface area (Å²) in [5.74, 6) is 0.806. The van der Waals surface area contributed by atoms with Crippen LogP contribution in [0.4, 0.5) is 5.69 Å². The molecule has 4 rings (SSSR count). The van der Waals surface area contributed by atoms with Crippen molar-refractivity contribution in [1.82, 2.24) is 9.88 Å². The molecule has 136 valence electrons. The summed E-state index contributed by atoms with van der Waals surface area (Å²) in [5, 5.41) is 4.77. The van der Waals surface area contributed by atoms with Crippen LogP contribution >= 0.6 is 0 Å². The molecule has 2 aromatic carbocycles. The van der Waals surface area contributed by atoms with Crippen molar-refractivity contribution in [2.24, 2.45) is 0 Å². The Morgan fingerprint density at radius 3 is 2.42 bits per heavy atom. The summed E-state index contributed by atoms with van der Waals surface area (Å²) >= 11 is 0. The molecule has 1 aromatic heterocycles. The first-order valence-electron chi connectivity index (χ1n) is 8.90. The summed E-state index contributed by atoms with van der Waals surface area (Å²) in [7, 11) is 1.63. The highest BCUT2D eigenvalue weighted by molar-refractivity contribution is 5.84. The minimum atomic E-state index is -0.0108. The van der Waals surface area contributed by atoms with E-state index in [2.05, 4.69) is 5.32 Å². The number of anilines is 1. The minimum absolute atomic E-state index is 0.0108. The predicted molar refractivity (Wildman–Crippen MR) is 107 cm³/mol. The number of nitrogens with zero attached hydrogens (tertiary/aromatic N) is 1. The standard InChI is InChI=1S/C17H16N2O2.C4H9N/c1-21-15-5-2-12(3-6-15)11-19-9-8-13-10-14(18)4-7-16(13)17(19)20;1-2-4-5-3-1/h2-10H,11,18H2,1H3;5H,1-4H2. The van der Waals surface area contributed by atoms with E-state index in [1.807, 2.05) is 36.4 Å². The molecule has 1 saturated heterocycles. The van der Waals surface area contributed by atoms with Crippen molar-refractivity contribution in [3.05, 3.63) is 70.6 Å². The number of ether oxygens (including phenoxy) is 1. The van der Waals surface area contributed by atoms with Crippen LogP contribution in [0.15, 0.2) is 59.5 Å². The number of hydrogen-bond donors (Lipinski definition) is 2. The maximum Gasteiger partial charge on any atom is 0.258 e. The van der Waals surface area contributed by atoms with Gasteiger partial charge in [-0.25, -0.2) is 0 Å². The first-order valence-corrected chi connectivity index (χ1v) is 8.90. The lowest BCUT2D eigenvalue weighted by atomic mass is 10.1. The average Bonchev–Trinajstić information content (AvgIpc) is 3.25. The maximum absolute atomic E-state index is 12.5. The summed E-state index contributed by atoms with van der Waals surface area (Å²) in [5.41, 5.74) is 7.44. The molecular formula is C21H25N3O2. The van der Waals surface area contributed by atoms with Crippen LogP contribution in [0.2, 0.25) is 0 Å². The highest BCUT2D eigenvalue weighted by Crippen LogP contribution is 2.15. The smallest absolute Gasteiger partial charge is 0.258 e. The Hall–Kier alpha value is -2.79. The second kappa shape index (κ2) is 8.54. The summed E-state index contributed by atoms with van der Waals surface area (Å²) < 4.78 is 6.83. The molecule has 3 aromatic rings. The van der Waals surface area contributed by atoms with Crippen LogP contribution in [-0.2, 0) is 6.54 Å². The van der Waals surface area contributed by atoms with Gasteiger partial charge in [0.05, 0.1) is 13.7 Å². The van der Waals surface area contributed by atoms with Gasteiger partial charge in [0.1, 0.15) is 5.75 Å². The monoisotopic (exact) mass is 351 g/mol. The second-order valence-corrected chi connectivity index (χ2v) is 6.40. The van der Waals surface area contributed by atoms with E-state index in [1.165, 1.54) is 25.9 Å². The van der Waals surface area contributed by atoms with Crippen molar-refractivity contribution < 1.29 is 4.74 Å². The van der Waals surface area contributed by atoms with E-state index in [1.54, 1.807) is 30.0 Å². The number of fused-ring (bicyclic) bond motifs is 1. The molecule has 1 fully saturated rings. The molecule has 0 saturated carbocycles. The molecule has 26 heavy (non-hydrogen) atoms. The zero-order valence-electron chi connectivity index (χ0n) is 15.1. The number of benzene rings is 2. The summed E-state index contributed by atoms with van der Waals surface area (Å²) in [6, 6.07) is 14.9. The van der Waals surface area contributed by atoms with Gasteiger partial charge in [-0.3, -0.25) is 4.79 Å². The van der Waals surface area contributed by atoms with Crippen molar-refractivity contribution in [1.29, 1.82) is 0 Å². The number of nitrogen functional groups attached to an aromatic ring is 1. The molecule has 0 amide bonds. The zero-order chi connectivity index (χ0) is 18.4. The fraction of sp³-hybridized carbons (Fsp3) is 0.286. The molecule has 1 aliphatic heterocycles. The van der Waals surface area contributed by atoms with Gasteiger partial charge in [-0.15, -0.1) is 0 Å². The molecule has 2 heterocycles. The minimum Gasteiger partial charge on any atom is -0.497 e. The van der Waals surface area contributed by atoms with E-state index in [-0.39, 0.29) is 5.56 Å². The maximum atomic E-state index is 12.5. The SMILES string of the molecule is C1CCNC1.COc1ccc(Cn2ccc3cc(N)ccc3c2=O)cc1. The van der Waals surface area contributed by atoms with E-state index in [9.17, 15) is 4.79 Å². The van der Waals surface area contributed by atoms with Gasteiger partial charge < -0.3 is 20.4 Å². The Morgan fingerprint density at radius 1 is 1.08 bits per heavy atom. The third-order valence-corrected chi connectivity index (χ3v) is 4.47. The molecule has 3 N–H and O–H groups in total. The zero-order valence-corrected chi connectivity index (χ0v) is 15.1. The first kappa shape index (κ1) is 18.0. The molecule has 0 aliphatic carbocycles. The third-order valence-electron chi connectivity index (χ3n) is 4.47. The van der Waals surface area contributed by atoms with Crippen LogP contribution in [0.1, 0.15) is 18.4 Å². The Balaban J connectivity index is 0.000000339. The van der Waals surface area contributed by atoms with Crippen molar-refractivity contribution in [2.45, 2.75) is 19.4 Å². The molecule has 1 aliphatic rings. The number of methoxy groups -OCH3 is 1. The van der Waals surface area contributed by atoms with Crippen LogP contribution in [0.25, 0.3) is 10.8 Å². The Bertz CT molecular complexity index is 905. The molecule has 0 bridgehead atoms. The lowest BCUT2D eigenvalue weighted by Gasteiger charge is -2.08. The fourth-order valence-corrected chi connectivity index (χ4v) is 2.98. The lowest BCUT2D eigenvalue weighted by molar-refractivity contribution is 0.414. The number of aromatic nitrogens is 1. The van der Waals surface area contributed by atoms with E-state index >= 15 is 0 Å². The Labute approximate surface area is 153 Å². The van der Waals surface area contributed by atoms with Gasteiger partial charge in [-0.2, -0.15) is 0 Å². The Kier molecular flexibility index (Phi) is 5.92. The van der Waals surface area contributed by atoms with Gasteiger partial charge in [-0.1, -0.05) is 12.1 Å². The molecule has 0 unspecified atom stereocenters. The van der Waals surface area contributed by atoms with Crippen LogP contribution in [-0.4, -0.2) is 24.8 Å². The summed E-state index contributed by atoms with van der Waals surface area (Å²) in [4.78, 5) is 12.5. The van der Waals surface area contributed by atoms with E-state index in [4.69, 9.17) is 10.5 Å². The Morgan fingerprint density at radius 2 is 1.81 bits per heavy atom. The van der Waals surface area contributed by atoms with E-state index < -0.39 is 0 Å². The number of pyridine rings is 1. The summed E-state index contributed by atoms with van der Waals surface area (Å²) in [6.45, 7) is 3.03. The highest BCUT2D eigenvalue weighted by Gasteiger charge is 2.04. The molecule has 0 spiro atoms. The largest absolute Gasteiger partial charge is 0.497 e. The number of hydrogen-bond acceptors (Lipinski definition) is 4. The molecule has 0 atom stereocenters. The number of rotatable bonds is 3. The number of nitrogens with two attached hydrogens (primary N) is 1. The molecule has 5 nitrogen and oxygen atoms in total. The predicted octanol–water partition coefficient (Wildman–Crippen LogP) is 3.01. The van der Waals surface area contributed by atoms with Gasteiger partial charge in [0.25, 0.3) is 5.56 Å². The quantitative estimate of drug-likeness (QED) is 0.712. The van der Waals surface area contributed by atoms with E-state index in [0.29, 0.717) is 17.6 Å². The first-order chi connectivity index (χ1) is 12.7. The van der Waals surface area contributed by atoms with Crippen LogP contribution < -0.4 is 21.3 Å².